The van der Waals surface area contributed by atoms with E-state index in [1.165, 1.54) is 38.2 Å². The number of rotatable bonds is 4. The van der Waals surface area contributed by atoms with Crippen molar-refractivity contribution in [3.63, 3.8) is 0 Å². The van der Waals surface area contributed by atoms with Gasteiger partial charge >= 0.3 is 0 Å². The van der Waals surface area contributed by atoms with Gasteiger partial charge in [-0.3, -0.25) is 0 Å². The maximum Gasteiger partial charge on any atom is 0.129 e. The van der Waals surface area contributed by atoms with Crippen LogP contribution in [0.2, 0.25) is 5.02 Å². The fourth-order valence-electron chi connectivity index (χ4n) is 2.74. The SMILES string of the molecule is CC(NCc1ccc(Cl)cc1F)C1CCCCC1. The molecule has 3 heteroatoms. The molecule has 0 spiro atoms. The van der Waals surface area contributed by atoms with Crippen LogP contribution in [-0.2, 0) is 6.54 Å². The third-order valence-electron chi connectivity index (χ3n) is 3.99. The molecule has 0 saturated heterocycles. The van der Waals surface area contributed by atoms with Crippen LogP contribution in [0, 0.1) is 11.7 Å². The minimum atomic E-state index is -0.217. The zero-order valence-electron chi connectivity index (χ0n) is 10.9. The Hall–Kier alpha value is -0.600. The normalized spacial score (nSPS) is 18.8. The lowest BCUT2D eigenvalue weighted by molar-refractivity contribution is 0.280. The highest BCUT2D eigenvalue weighted by Crippen LogP contribution is 2.26. The number of halogens is 2. The van der Waals surface area contributed by atoms with E-state index in [-0.39, 0.29) is 5.82 Å². The Balaban J connectivity index is 1.86. The summed E-state index contributed by atoms with van der Waals surface area (Å²) in [7, 11) is 0. The van der Waals surface area contributed by atoms with E-state index in [0.29, 0.717) is 23.2 Å². The van der Waals surface area contributed by atoms with E-state index >= 15 is 0 Å². The molecule has 1 N–H and O–H groups in total. The largest absolute Gasteiger partial charge is 0.310 e. The predicted octanol–water partition coefficient (Wildman–Crippen LogP) is 4.54. The van der Waals surface area contributed by atoms with Crippen LogP contribution in [0.4, 0.5) is 4.39 Å². The summed E-state index contributed by atoms with van der Waals surface area (Å²) in [6, 6.07) is 5.34. The minimum absolute atomic E-state index is 0.217. The quantitative estimate of drug-likeness (QED) is 0.846. The lowest BCUT2D eigenvalue weighted by atomic mass is 9.84. The van der Waals surface area contributed by atoms with Crippen molar-refractivity contribution >= 4 is 11.6 Å². The highest BCUT2D eigenvalue weighted by atomic mass is 35.5. The fraction of sp³-hybridized carbons (Fsp3) is 0.600. The van der Waals surface area contributed by atoms with Gasteiger partial charge in [-0.2, -0.15) is 0 Å². The molecular formula is C15H21ClFN. The third-order valence-corrected chi connectivity index (χ3v) is 4.22. The van der Waals surface area contributed by atoms with Crippen molar-refractivity contribution < 1.29 is 4.39 Å². The summed E-state index contributed by atoms with van der Waals surface area (Å²) in [5, 5.41) is 3.90. The first kappa shape index (κ1) is 13.8. The zero-order chi connectivity index (χ0) is 13.0. The minimum Gasteiger partial charge on any atom is -0.310 e. The predicted molar refractivity (Wildman–Crippen MR) is 74.3 cm³/mol. The molecule has 1 atom stereocenters. The molecule has 0 bridgehead atoms. The molecule has 0 heterocycles. The van der Waals surface area contributed by atoms with Gasteiger partial charge in [0.2, 0.25) is 0 Å². The average Bonchev–Trinajstić information content (AvgIpc) is 2.38. The van der Waals surface area contributed by atoms with Gasteiger partial charge in [0.25, 0.3) is 0 Å². The highest BCUT2D eigenvalue weighted by Gasteiger charge is 2.19. The second kappa shape index (κ2) is 6.53. The van der Waals surface area contributed by atoms with E-state index in [9.17, 15) is 4.39 Å². The van der Waals surface area contributed by atoms with Crippen LogP contribution >= 0.6 is 11.6 Å². The van der Waals surface area contributed by atoms with Crippen LogP contribution in [0.1, 0.15) is 44.6 Å². The van der Waals surface area contributed by atoms with Crippen molar-refractivity contribution in [3.05, 3.63) is 34.6 Å². The van der Waals surface area contributed by atoms with E-state index < -0.39 is 0 Å². The van der Waals surface area contributed by atoms with Crippen LogP contribution in [-0.4, -0.2) is 6.04 Å². The molecule has 0 aromatic heterocycles. The Labute approximate surface area is 114 Å². The van der Waals surface area contributed by atoms with Crippen molar-refractivity contribution in [2.24, 2.45) is 5.92 Å². The maximum atomic E-state index is 13.6. The zero-order valence-corrected chi connectivity index (χ0v) is 11.6. The van der Waals surface area contributed by atoms with Crippen LogP contribution in [0.15, 0.2) is 18.2 Å². The van der Waals surface area contributed by atoms with Gasteiger partial charge in [-0.1, -0.05) is 36.9 Å². The Morgan fingerprint density at radius 1 is 1.33 bits per heavy atom. The Bertz CT molecular complexity index is 388. The summed E-state index contributed by atoms with van der Waals surface area (Å²) in [4.78, 5) is 0. The van der Waals surface area contributed by atoms with E-state index in [0.717, 1.165) is 5.92 Å². The summed E-state index contributed by atoms with van der Waals surface area (Å²) >= 11 is 5.74. The molecule has 0 aliphatic heterocycles. The van der Waals surface area contributed by atoms with Gasteiger partial charge in [0, 0.05) is 23.2 Å². The van der Waals surface area contributed by atoms with Crippen LogP contribution in [0.3, 0.4) is 0 Å². The van der Waals surface area contributed by atoms with Gasteiger partial charge in [0.15, 0.2) is 0 Å². The van der Waals surface area contributed by atoms with Gasteiger partial charge in [-0.15, -0.1) is 0 Å². The van der Waals surface area contributed by atoms with Crippen LogP contribution in [0.25, 0.3) is 0 Å². The van der Waals surface area contributed by atoms with Gasteiger partial charge in [-0.05, 0) is 37.8 Å². The average molecular weight is 270 g/mol. The summed E-state index contributed by atoms with van der Waals surface area (Å²) in [5.41, 5.74) is 0.696. The van der Waals surface area contributed by atoms with Crippen molar-refractivity contribution in [1.29, 1.82) is 0 Å². The molecule has 1 aliphatic carbocycles. The molecule has 18 heavy (non-hydrogen) atoms. The number of benzene rings is 1. The van der Waals surface area contributed by atoms with Crippen LogP contribution in [0.5, 0.6) is 0 Å². The highest BCUT2D eigenvalue weighted by molar-refractivity contribution is 6.30. The standard InChI is InChI=1S/C15H21ClFN/c1-11(12-5-3-2-4-6-12)18-10-13-7-8-14(16)9-15(13)17/h7-9,11-12,18H,2-6,10H2,1H3. The van der Waals surface area contributed by atoms with Crippen molar-refractivity contribution in [2.45, 2.75) is 51.6 Å². The lowest BCUT2D eigenvalue weighted by Gasteiger charge is -2.28. The first-order valence-electron chi connectivity index (χ1n) is 6.84. The van der Waals surface area contributed by atoms with E-state index in [1.54, 1.807) is 12.1 Å². The van der Waals surface area contributed by atoms with Crippen molar-refractivity contribution in [3.8, 4) is 0 Å². The molecule has 100 valence electrons. The van der Waals surface area contributed by atoms with E-state index in [1.807, 2.05) is 0 Å². The number of hydrogen-bond acceptors (Lipinski definition) is 1. The molecule has 1 saturated carbocycles. The molecule has 1 nitrogen and oxygen atoms in total. The first-order chi connectivity index (χ1) is 8.66. The molecule has 1 fully saturated rings. The molecule has 1 aromatic carbocycles. The molecule has 1 aromatic rings. The van der Waals surface area contributed by atoms with E-state index in [2.05, 4.69) is 12.2 Å². The molecule has 1 unspecified atom stereocenters. The summed E-state index contributed by atoms with van der Waals surface area (Å²) in [6.07, 6.45) is 6.65. The number of hydrogen-bond donors (Lipinski definition) is 1. The van der Waals surface area contributed by atoms with Crippen molar-refractivity contribution in [1.82, 2.24) is 5.32 Å². The van der Waals surface area contributed by atoms with Gasteiger partial charge in [-0.25, -0.2) is 4.39 Å². The second-order valence-corrected chi connectivity index (χ2v) is 5.74. The smallest absolute Gasteiger partial charge is 0.129 e. The van der Waals surface area contributed by atoms with Gasteiger partial charge < -0.3 is 5.32 Å². The Morgan fingerprint density at radius 3 is 2.72 bits per heavy atom. The summed E-state index contributed by atoms with van der Waals surface area (Å²) in [5.74, 6) is 0.528. The third kappa shape index (κ3) is 3.69. The van der Waals surface area contributed by atoms with E-state index in [4.69, 9.17) is 11.6 Å². The monoisotopic (exact) mass is 269 g/mol. The molecule has 2 rings (SSSR count). The van der Waals surface area contributed by atoms with Gasteiger partial charge in [0.1, 0.15) is 5.82 Å². The summed E-state index contributed by atoms with van der Waals surface area (Å²) < 4.78 is 13.6. The first-order valence-corrected chi connectivity index (χ1v) is 7.22. The molecule has 0 amide bonds. The molecular weight excluding hydrogens is 249 g/mol. The fourth-order valence-corrected chi connectivity index (χ4v) is 2.90. The number of nitrogens with one attached hydrogen (secondary N) is 1. The van der Waals surface area contributed by atoms with Crippen molar-refractivity contribution in [2.75, 3.05) is 0 Å². The lowest BCUT2D eigenvalue weighted by Crippen LogP contribution is -2.34. The topological polar surface area (TPSA) is 12.0 Å². The Kier molecular flexibility index (Phi) is 5.02. The molecule has 1 aliphatic rings. The van der Waals surface area contributed by atoms with Gasteiger partial charge in [0.05, 0.1) is 0 Å². The summed E-state index contributed by atoms with van der Waals surface area (Å²) in [6.45, 7) is 2.80. The molecule has 0 radical (unpaired) electrons. The Morgan fingerprint density at radius 2 is 2.06 bits per heavy atom. The maximum absolute atomic E-state index is 13.6. The van der Waals surface area contributed by atoms with Crippen LogP contribution < -0.4 is 5.32 Å². The second-order valence-electron chi connectivity index (χ2n) is 5.30.